The Hall–Kier alpha value is -1.67. The van der Waals surface area contributed by atoms with Crippen LogP contribution < -0.4 is 0 Å². The average molecular weight is 241 g/mol. The molecule has 1 aromatic carbocycles. The zero-order valence-electron chi connectivity index (χ0n) is 10.7. The van der Waals surface area contributed by atoms with Gasteiger partial charge < -0.3 is 5.11 Å². The summed E-state index contributed by atoms with van der Waals surface area (Å²) in [5.74, 6) is 0.186. The van der Waals surface area contributed by atoms with Crippen molar-refractivity contribution in [1.82, 2.24) is 4.98 Å². The molecule has 2 aromatic rings. The highest BCUT2D eigenvalue weighted by Crippen LogP contribution is 2.25. The highest BCUT2D eigenvalue weighted by Gasteiger charge is 2.19. The second-order valence-electron chi connectivity index (χ2n) is 4.56. The van der Waals surface area contributed by atoms with Crippen LogP contribution in [-0.2, 0) is 6.42 Å². The van der Waals surface area contributed by atoms with Gasteiger partial charge in [0.25, 0.3) is 0 Å². The normalized spacial score (nSPS) is 14.1. The zero-order valence-corrected chi connectivity index (χ0v) is 10.7. The summed E-state index contributed by atoms with van der Waals surface area (Å²) < 4.78 is 0. The van der Waals surface area contributed by atoms with Gasteiger partial charge in [-0.15, -0.1) is 0 Å². The molecule has 0 fully saturated rings. The molecule has 2 atom stereocenters. The number of rotatable bonds is 5. The van der Waals surface area contributed by atoms with E-state index in [0.717, 1.165) is 12.0 Å². The van der Waals surface area contributed by atoms with Crippen LogP contribution in [0.5, 0.6) is 0 Å². The fourth-order valence-electron chi connectivity index (χ4n) is 2.33. The van der Waals surface area contributed by atoms with Gasteiger partial charge in [-0.2, -0.15) is 0 Å². The van der Waals surface area contributed by atoms with E-state index in [1.165, 1.54) is 5.56 Å². The summed E-state index contributed by atoms with van der Waals surface area (Å²) >= 11 is 0. The van der Waals surface area contributed by atoms with E-state index in [1.807, 2.05) is 36.5 Å². The molecule has 0 aliphatic rings. The Labute approximate surface area is 108 Å². The first-order valence-corrected chi connectivity index (χ1v) is 6.43. The lowest BCUT2D eigenvalue weighted by Gasteiger charge is -2.22. The highest BCUT2D eigenvalue weighted by molar-refractivity contribution is 5.22. The third-order valence-corrected chi connectivity index (χ3v) is 3.30. The Morgan fingerprint density at radius 3 is 2.50 bits per heavy atom. The molecule has 0 saturated heterocycles. The topological polar surface area (TPSA) is 33.1 Å². The van der Waals surface area contributed by atoms with Crippen molar-refractivity contribution in [3.05, 3.63) is 66.0 Å². The van der Waals surface area contributed by atoms with Crippen molar-refractivity contribution in [1.29, 1.82) is 0 Å². The number of pyridine rings is 1. The Bertz CT molecular complexity index is 455. The quantitative estimate of drug-likeness (QED) is 0.872. The lowest BCUT2D eigenvalue weighted by atomic mass is 9.88. The molecule has 0 radical (unpaired) electrons. The van der Waals surface area contributed by atoms with Gasteiger partial charge in [0.05, 0.1) is 6.10 Å². The zero-order chi connectivity index (χ0) is 12.8. The van der Waals surface area contributed by atoms with Crippen LogP contribution >= 0.6 is 0 Å². The fourth-order valence-corrected chi connectivity index (χ4v) is 2.33. The van der Waals surface area contributed by atoms with Crippen molar-refractivity contribution in [2.75, 3.05) is 0 Å². The van der Waals surface area contributed by atoms with E-state index in [0.29, 0.717) is 6.42 Å². The molecular formula is C16H19NO. The lowest BCUT2D eigenvalue weighted by Crippen LogP contribution is -2.20. The first-order valence-electron chi connectivity index (χ1n) is 6.43. The van der Waals surface area contributed by atoms with Gasteiger partial charge in [-0.3, -0.25) is 4.98 Å². The standard InChI is InChI=1S/C16H19NO/c1-2-15(14-8-4-3-5-9-14)16(18)11-13-7-6-10-17-12-13/h3-10,12,15-16,18H,2,11H2,1H3. The number of hydrogen-bond donors (Lipinski definition) is 1. The molecule has 0 saturated carbocycles. The molecule has 0 amide bonds. The molecule has 2 unspecified atom stereocenters. The van der Waals surface area contributed by atoms with Crippen LogP contribution in [0.25, 0.3) is 0 Å². The predicted molar refractivity (Wildman–Crippen MR) is 73.4 cm³/mol. The number of nitrogens with zero attached hydrogens (tertiary/aromatic N) is 1. The molecule has 2 rings (SSSR count). The molecule has 1 N–H and O–H groups in total. The van der Waals surface area contributed by atoms with Crippen molar-refractivity contribution in [3.8, 4) is 0 Å². The Balaban J connectivity index is 2.09. The average Bonchev–Trinajstić information content (AvgIpc) is 2.42. The fraction of sp³-hybridized carbons (Fsp3) is 0.312. The van der Waals surface area contributed by atoms with Crippen molar-refractivity contribution >= 4 is 0 Å². The summed E-state index contributed by atoms with van der Waals surface area (Å²) in [5.41, 5.74) is 2.29. The van der Waals surface area contributed by atoms with Crippen molar-refractivity contribution in [2.24, 2.45) is 0 Å². The summed E-state index contributed by atoms with van der Waals surface area (Å²) in [4.78, 5) is 4.08. The number of benzene rings is 1. The molecular weight excluding hydrogens is 222 g/mol. The van der Waals surface area contributed by atoms with E-state index in [4.69, 9.17) is 0 Å². The van der Waals surface area contributed by atoms with Crippen molar-refractivity contribution < 1.29 is 5.11 Å². The molecule has 0 spiro atoms. The van der Waals surface area contributed by atoms with E-state index < -0.39 is 0 Å². The third kappa shape index (κ3) is 3.17. The van der Waals surface area contributed by atoms with Gasteiger partial charge in [-0.05, 0) is 23.6 Å². The molecule has 1 aromatic heterocycles. The second-order valence-corrected chi connectivity index (χ2v) is 4.56. The van der Waals surface area contributed by atoms with Crippen LogP contribution in [0.3, 0.4) is 0 Å². The van der Waals surface area contributed by atoms with Gasteiger partial charge in [-0.25, -0.2) is 0 Å². The number of aliphatic hydroxyl groups is 1. The SMILES string of the molecule is CCC(c1ccccc1)C(O)Cc1cccnc1. The predicted octanol–water partition coefficient (Wildman–Crippen LogP) is 3.18. The molecule has 94 valence electrons. The smallest absolute Gasteiger partial charge is 0.0649 e. The summed E-state index contributed by atoms with van der Waals surface area (Å²) in [7, 11) is 0. The van der Waals surface area contributed by atoms with Gasteiger partial charge in [0.15, 0.2) is 0 Å². The maximum absolute atomic E-state index is 10.4. The number of aromatic nitrogens is 1. The lowest BCUT2D eigenvalue weighted by molar-refractivity contribution is 0.140. The van der Waals surface area contributed by atoms with Gasteiger partial charge in [-0.1, -0.05) is 43.3 Å². The first kappa shape index (κ1) is 12.8. The third-order valence-electron chi connectivity index (χ3n) is 3.30. The van der Waals surface area contributed by atoms with Crippen LogP contribution in [0.1, 0.15) is 30.4 Å². The van der Waals surface area contributed by atoms with E-state index in [-0.39, 0.29) is 12.0 Å². The first-order chi connectivity index (χ1) is 8.81. The molecule has 2 heteroatoms. The maximum atomic E-state index is 10.4. The Morgan fingerprint density at radius 2 is 1.89 bits per heavy atom. The Morgan fingerprint density at radius 1 is 1.11 bits per heavy atom. The second kappa shape index (κ2) is 6.31. The number of aliphatic hydroxyl groups excluding tert-OH is 1. The molecule has 2 nitrogen and oxygen atoms in total. The minimum absolute atomic E-state index is 0.186. The van der Waals surface area contributed by atoms with Crippen molar-refractivity contribution in [2.45, 2.75) is 31.8 Å². The monoisotopic (exact) mass is 241 g/mol. The van der Waals surface area contributed by atoms with Crippen LogP contribution in [-0.4, -0.2) is 16.2 Å². The summed E-state index contributed by atoms with van der Waals surface area (Å²) in [6.07, 6.45) is 4.81. The van der Waals surface area contributed by atoms with Crippen LogP contribution in [0.15, 0.2) is 54.9 Å². The van der Waals surface area contributed by atoms with Gasteiger partial charge in [0.2, 0.25) is 0 Å². The van der Waals surface area contributed by atoms with E-state index >= 15 is 0 Å². The largest absolute Gasteiger partial charge is 0.392 e. The molecule has 1 heterocycles. The van der Waals surface area contributed by atoms with Crippen LogP contribution in [0, 0.1) is 0 Å². The van der Waals surface area contributed by atoms with Gasteiger partial charge in [0, 0.05) is 24.7 Å². The summed E-state index contributed by atoms with van der Waals surface area (Å²) in [6, 6.07) is 14.1. The minimum Gasteiger partial charge on any atom is -0.392 e. The molecule has 18 heavy (non-hydrogen) atoms. The van der Waals surface area contributed by atoms with Gasteiger partial charge in [0.1, 0.15) is 0 Å². The van der Waals surface area contributed by atoms with E-state index in [2.05, 4.69) is 24.0 Å². The van der Waals surface area contributed by atoms with Crippen molar-refractivity contribution in [3.63, 3.8) is 0 Å². The molecule has 0 aliphatic carbocycles. The molecule has 0 bridgehead atoms. The summed E-state index contributed by atoms with van der Waals surface area (Å²) in [5, 5.41) is 10.4. The Kier molecular flexibility index (Phi) is 4.48. The highest BCUT2D eigenvalue weighted by atomic mass is 16.3. The molecule has 0 aliphatic heterocycles. The van der Waals surface area contributed by atoms with Crippen LogP contribution in [0.4, 0.5) is 0 Å². The summed E-state index contributed by atoms with van der Waals surface area (Å²) in [6.45, 7) is 2.12. The minimum atomic E-state index is -0.360. The van der Waals surface area contributed by atoms with Gasteiger partial charge >= 0.3 is 0 Å². The van der Waals surface area contributed by atoms with E-state index in [9.17, 15) is 5.11 Å². The van der Waals surface area contributed by atoms with Crippen LogP contribution in [0.2, 0.25) is 0 Å². The maximum Gasteiger partial charge on any atom is 0.0649 e. The van der Waals surface area contributed by atoms with E-state index in [1.54, 1.807) is 6.20 Å². The number of hydrogen-bond acceptors (Lipinski definition) is 2.